The molecule has 0 aromatic heterocycles. The van der Waals surface area contributed by atoms with Gasteiger partial charge in [0.2, 0.25) is 0 Å². The van der Waals surface area contributed by atoms with Gasteiger partial charge in [0.05, 0.1) is 0 Å². The predicted octanol–water partition coefficient (Wildman–Crippen LogP) is 18.9. The molecule has 388 valence electrons. The van der Waals surface area contributed by atoms with Crippen molar-refractivity contribution in [3.63, 3.8) is 0 Å². The SMILES string of the molecule is CC/C=C\C/C=C\C/C=C\C/C=C\CCCCCCC(=O)OC(COC(=O)CCCCCCC/C=C\CCCCC)COC(=O)CCCCCCCC/C=C\C/C=C\C/C=C\CCCCCCC. The van der Waals surface area contributed by atoms with Crippen LogP contribution in [0.1, 0.15) is 258 Å². The first-order valence-electron chi connectivity index (χ1n) is 28.2. The van der Waals surface area contributed by atoms with Crippen LogP contribution in [0.15, 0.2) is 97.2 Å². The fourth-order valence-electron chi connectivity index (χ4n) is 7.55. The average Bonchev–Trinajstić information content (AvgIpc) is 3.34. The number of unbranched alkanes of at least 4 members (excludes halogenated alkanes) is 23. The van der Waals surface area contributed by atoms with Gasteiger partial charge in [-0.25, -0.2) is 0 Å². The molecular weight excluding hydrogens is 841 g/mol. The highest BCUT2D eigenvalue weighted by Gasteiger charge is 2.19. The topological polar surface area (TPSA) is 78.9 Å². The van der Waals surface area contributed by atoms with Crippen molar-refractivity contribution in [1.29, 1.82) is 0 Å². The van der Waals surface area contributed by atoms with Crippen molar-refractivity contribution in [2.24, 2.45) is 0 Å². The number of allylic oxidation sites excluding steroid dienone is 16. The van der Waals surface area contributed by atoms with Crippen LogP contribution in [0.4, 0.5) is 0 Å². The summed E-state index contributed by atoms with van der Waals surface area (Å²) < 4.78 is 16.8. The van der Waals surface area contributed by atoms with Gasteiger partial charge in [-0.1, -0.05) is 214 Å². The Kier molecular flexibility index (Phi) is 52.9. The summed E-state index contributed by atoms with van der Waals surface area (Å²) in [6, 6.07) is 0. The summed E-state index contributed by atoms with van der Waals surface area (Å²) in [7, 11) is 0. The van der Waals surface area contributed by atoms with Gasteiger partial charge in [-0.3, -0.25) is 14.4 Å². The largest absolute Gasteiger partial charge is 0.462 e. The molecule has 0 bridgehead atoms. The molecule has 0 aliphatic carbocycles. The van der Waals surface area contributed by atoms with Crippen molar-refractivity contribution >= 4 is 17.9 Å². The second-order valence-electron chi connectivity index (χ2n) is 18.5. The van der Waals surface area contributed by atoms with Crippen molar-refractivity contribution in [3.05, 3.63) is 97.2 Å². The summed E-state index contributed by atoms with van der Waals surface area (Å²) in [6.45, 7) is 6.45. The molecule has 0 heterocycles. The monoisotopic (exact) mass is 945 g/mol. The van der Waals surface area contributed by atoms with Crippen LogP contribution in [0.2, 0.25) is 0 Å². The van der Waals surface area contributed by atoms with E-state index in [1.165, 1.54) is 89.9 Å². The standard InChI is InChI=1S/C62H104O6/c1-4-7-10-13-16-19-22-25-27-29-30-31-32-34-35-37-40-43-46-49-52-55-61(64)67-58-59(57-66-60(63)54-51-48-45-42-39-24-21-18-15-12-9-6-3)68-62(65)56-53-50-47-44-41-38-36-33-28-26-23-20-17-14-11-8-5-2/h8,11,17-18,20-22,25-26,28-30,32,34,36,38,59H,4-7,9-10,12-16,19,23-24,27,31,33,35,37,39-58H2,1-3H3/b11-8-,20-17-,21-18-,25-22-,28-26-,30-29-,34-32-,38-36-. The molecular formula is C62H104O6. The summed E-state index contributed by atoms with van der Waals surface area (Å²) in [5.41, 5.74) is 0. The average molecular weight is 946 g/mol. The van der Waals surface area contributed by atoms with Crippen LogP contribution in [-0.2, 0) is 28.6 Å². The zero-order chi connectivity index (χ0) is 49.3. The van der Waals surface area contributed by atoms with E-state index in [9.17, 15) is 14.4 Å². The molecule has 0 saturated heterocycles. The highest BCUT2D eigenvalue weighted by Crippen LogP contribution is 2.14. The number of hydrogen-bond acceptors (Lipinski definition) is 6. The molecule has 6 heteroatoms. The lowest BCUT2D eigenvalue weighted by Crippen LogP contribution is -2.30. The van der Waals surface area contributed by atoms with Crippen LogP contribution < -0.4 is 0 Å². The van der Waals surface area contributed by atoms with E-state index in [1.807, 2.05) is 0 Å². The van der Waals surface area contributed by atoms with Gasteiger partial charge in [0.15, 0.2) is 6.10 Å². The van der Waals surface area contributed by atoms with E-state index in [0.717, 1.165) is 128 Å². The van der Waals surface area contributed by atoms with E-state index < -0.39 is 6.10 Å². The fraction of sp³-hybridized carbons (Fsp3) is 0.694. The molecule has 0 N–H and O–H groups in total. The van der Waals surface area contributed by atoms with Crippen molar-refractivity contribution < 1.29 is 28.6 Å². The van der Waals surface area contributed by atoms with Crippen LogP contribution in [0.5, 0.6) is 0 Å². The van der Waals surface area contributed by atoms with Crippen LogP contribution in [0, 0.1) is 0 Å². The van der Waals surface area contributed by atoms with Gasteiger partial charge in [0.25, 0.3) is 0 Å². The predicted molar refractivity (Wildman–Crippen MR) is 293 cm³/mol. The molecule has 0 radical (unpaired) electrons. The summed E-state index contributed by atoms with van der Waals surface area (Å²) >= 11 is 0. The van der Waals surface area contributed by atoms with E-state index in [2.05, 4.69) is 118 Å². The number of rotatable bonds is 50. The number of carbonyl (C=O) groups is 3. The lowest BCUT2D eigenvalue weighted by atomic mass is 10.1. The van der Waals surface area contributed by atoms with Crippen LogP contribution in [-0.4, -0.2) is 37.2 Å². The summed E-state index contributed by atoms with van der Waals surface area (Å²) in [5, 5.41) is 0. The van der Waals surface area contributed by atoms with Gasteiger partial charge in [0, 0.05) is 19.3 Å². The molecule has 0 aliphatic heterocycles. The minimum atomic E-state index is -0.800. The Hall–Kier alpha value is -3.67. The Morgan fingerprint density at radius 2 is 0.574 bits per heavy atom. The Morgan fingerprint density at radius 1 is 0.309 bits per heavy atom. The Balaban J connectivity index is 4.43. The van der Waals surface area contributed by atoms with Gasteiger partial charge < -0.3 is 14.2 Å². The number of ether oxygens (including phenoxy) is 3. The molecule has 1 unspecified atom stereocenters. The zero-order valence-electron chi connectivity index (χ0n) is 44.3. The second kappa shape index (κ2) is 55.9. The third kappa shape index (κ3) is 53.3. The molecule has 0 spiro atoms. The number of hydrogen-bond donors (Lipinski definition) is 0. The minimum Gasteiger partial charge on any atom is -0.462 e. The van der Waals surface area contributed by atoms with E-state index in [1.54, 1.807) is 0 Å². The molecule has 0 rings (SSSR count). The van der Waals surface area contributed by atoms with Crippen molar-refractivity contribution in [1.82, 2.24) is 0 Å². The number of carbonyl (C=O) groups excluding carboxylic acids is 3. The second-order valence-corrected chi connectivity index (χ2v) is 18.5. The maximum Gasteiger partial charge on any atom is 0.306 e. The maximum absolute atomic E-state index is 12.8. The first-order chi connectivity index (χ1) is 33.5. The summed E-state index contributed by atoms with van der Waals surface area (Å²) in [4.78, 5) is 38.1. The van der Waals surface area contributed by atoms with E-state index in [-0.39, 0.29) is 31.1 Å². The molecule has 6 nitrogen and oxygen atoms in total. The Bertz CT molecular complexity index is 1360. The minimum absolute atomic E-state index is 0.0971. The first kappa shape index (κ1) is 64.3. The third-order valence-electron chi connectivity index (χ3n) is 11.8. The highest BCUT2D eigenvalue weighted by atomic mass is 16.6. The van der Waals surface area contributed by atoms with Gasteiger partial charge in [0.1, 0.15) is 13.2 Å². The normalized spacial score (nSPS) is 12.8. The lowest BCUT2D eigenvalue weighted by molar-refractivity contribution is -0.167. The molecule has 0 aromatic carbocycles. The summed E-state index contributed by atoms with van der Waals surface area (Å²) in [6.07, 6.45) is 73.9. The molecule has 1 atom stereocenters. The first-order valence-corrected chi connectivity index (χ1v) is 28.2. The van der Waals surface area contributed by atoms with Gasteiger partial charge in [-0.05, 0) is 122 Å². The molecule has 0 saturated carbocycles. The van der Waals surface area contributed by atoms with E-state index in [0.29, 0.717) is 19.3 Å². The molecule has 68 heavy (non-hydrogen) atoms. The van der Waals surface area contributed by atoms with Gasteiger partial charge >= 0.3 is 17.9 Å². The molecule has 0 aromatic rings. The van der Waals surface area contributed by atoms with Crippen molar-refractivity contribution in [2.45, 2.75) is 264 Å². The molecule has 0 amide bonds. The number of esters is 3. The van der Waals surface area contributed by atoms with E-state index >= 15 is 0 Å². The third-order valence-corrected chi connectivity index (χ3v) is 11.8. The quantitative estimate of drug-likeness (QED) is 0.0262. The molecule has 0 fully saturated rings. The van der Waals surface area contributed by atoms with Gasteiger partial charge in [-0.2, -0.15) is 0 Å². The lowest BCUT2D eigenvalue weighted by Gasteiger charge is -2.18. The van der Waals surface area contributed by atoms with E-state index in [4.69, 9.17) is 14.2 Å². The molecule has 0 aliphatic rings. The van der Waals surface area contributed by atoms with Gasteiger partial charge in [-0.15, -0.1) is 0 Å². The van der Waals surface area contributed by atoms with Crippen LogP contribution >= 0.6 is 0 Å². The Labute approximate surface area is 419 Å². The van der Waals surface area contributed by atoms with Crippen LogP contribution in [0.3, 0.4) is 0 Å². The Morgan fingerprint density at radius 3 is 0.941 bits per heavy atom. The fourth-order valence-corrected chi connectivity index (χ4v) is 7.55. The van der Waals surface area contributed by atoms with Crippen molar-refractivity contribution in [2.75, 3.05) is 13.2 Å². The van der Waals surface area contributed by atoms with Crippen LogP contribution in [0.25, 0.3) is 0 Å². The maximum atomic E-state index is 12.8. The van der Waals surface area contributed by atoms with Crippen molar-refractivity contribution in [3.8, 4) is 0 Å². The smallest absolute Gasteiger partial charge is 0.306 e. The highest BCUT2D eigenvalue weighted by molar-refractivity contribution is 5.71. The zero-order valence-corrected chi connectivity index (χ0v) is 44.3. The summed E-state index contributed by atoms with van der Waals surface area (Å²) in [5.74, 6) is -0.942.